The lowest BCUT2D eigenvalue weighted by molar-refractivity contribution is -0.134. The van der Waals surface area contributed by atoms with Gasteiger partial charge in [0.25, 0.3) is 0 Å². The van der Waals surface area contributed by atoms with Crippen LogP contribution in [0.3, 0.4) is 0 Å². The molecular formula is C10H15N5O2. The lowest BCUT2D eigenvalue weighted by atomic mass is 10.2. The Bertz CT molecular complexity index is 403. The molecule has 0 aliphatic carbocycles. The van der Waals surface area contributed by atoms with Crippen molar-refractivity contribution in [3.8, 4) is 0 Å². The minimum atomic E-state index is -0.384. The van der Waals surface area contributed by atoms with Crippen molar-refractivity contribution in [3.63, 3.8) is 0 Å². The van der Waals surface area contributed by atoms with E-state index in [4.69, 9.17) is 0 Å². The molecule has 1 unspecified atom stereocenters. The predicted octanol–water partition coefficient (Wildman–Crippen LogP) is -0.812. The van der Waals surface area contributed by atoms with Crippen molar-refractivity contribution in [1.29, 1.82) is 0 Å². The molecule has 0 aromatic carbocycles. The second kappa shape index (κ2) is 4.94. The van der Waals surface area contributed by atoms with Gasteiger partial charge in [-0.2, -0.15) is 5.10 Å². The molecule has 1 aromatic heterocycles. The third kappa shape index (κ3) is 2.61. The monoisotopic (exact) mass is 237 g/mol. The van der Waals surface area contributed by atoms with Crippen LogP contribution in [0.5, 0.6) is 0 Å². The van der Waals surface area contributed by atoms with E-state index in [0.717, 1.165) is 0 Å². The molecule has 2 rings (SSSR count). The summed E-state index contributed by atoms with van der Waals surface area (Å²) in [6, 6.07) is -0.384. The van der Waals surface area contributed by atoms with E-state index >= 15 is 0 Å². The Hall–Kier alpha value is -1.92. The van der Waals surface area contributed by atoms with Crippen LogP contribution in [0.2, 0.25) is 0 Å². The molecule has 2 heterocycles. The fourth-order valence-corrected chi connectivity index (χ4v) is 1.78. The number of rotatable bonds is 2. The summed E-state index contributed by atoms with van der Waals surface area (Å²) in [6.45, 7) is 3.29. The Morgan fingerprint density at radius 3 is 3.06 bits per heavy atom. The van der Waals surface area contributed by atoms with E-state index in [1.165, 1.54) is 17.3 Å². The predicted molar refractivity (Wildman–Crippen MR) is 58.9 cm³/mol. The van der Waals surface area contributed by atoms with Crippen molar-refractivity contribution in [1.82, 2.24) is 25.0 Å². The van der Waals surface area contributed by atoms with E-state index in [2.05, 4.69) is 15.4 Å². The van der Waals surface area contributed by atoms with Gasteiger partial charge in [0.05, 0.1) is 0 Å². The highest BCUT2D eigenvalue weighted by atomic mass is 16.2. The average Bonchev–Trinajstić information content (AvgIpc) is 2.77. The van der Waals surface area contributed by atoms with Gasteiger partial charge in [-0.05, 0) is 6.92 Å². The minimum absolute atomic E-state index is 0.00583. The van der Waals surface area contributed by atoms with Gasteiger partial charge in [-0.25, -0.2) is 9.67 Å². The quantitative estimate of drug-likeness (QED) is 0.729. The van der Waals surface area contributed by atoms with Gasteiger partial charge in [-0.15, -0.1) is 0 Å². The molecule has 7 heteroatoms. The first kappa shape index (κ1) is 11.6. The summed E-state index contributed by atoms with van der Waals surface area (Å²) in [5.74, 6) is -0.0410. The Kier molecular flexibility index (Phi) is 3.36. The maximum atomic E-state index is 12.2. The van der Waals surface area contributed by atoms with Gasteiger partial charge in [0, 0.05) is 26.1 Å². The molecule has 0 spiro atoms. The van der Waals surface area contributed by atoms with Gasteiger partial charge in [0.15, 0.2) is 0 Å². The number of nitrogens with zero attached hydrogens (tertiary/aromatic N) is 4. The van der Waals surface area contributed by atoms with Crippen LogP contribution in [0.25, 0.3) is 0 Å². The lowest BCUT2D eigenvalue weighted by Crippen LogP contribution is -2.38. The molecule has 0 saturated carbocycles. The van der Waals surface area contributed by atoms with E-state index in [1.54, 1.807) is 11.8 Å². The fourth-order valence-electron chi connectivity index (χ4n) is 1.78. The first-order valence-electron chi connectivity index (χ1n) is 5.58. The second-order valence-electron chi connectivity index (χ2n) is 3.98. The maximum absolute atomic E-state index is 12.2. The van der Waals surface area contributed by atoms with Gasteiger partial charge in [-0.1, -0.05) is 0 Å². The second-order valence-corrected chi connectivity index (χ2v) is 3.98. The van der Waals surface area contributed by atoms with Crippen LogP contribution in [0.15, 0.2) is 12.7 Å². The summed E-state index contributed by atoms with van der Waals surface area (Å²) < 4.78 is 1.52. The highest BCUT2D eigenvalue weighted by Gasteiger charge is 2.24. The number of nitrogens with one attached hydrogen (secondary N) is 1. The number of aromatic nitrogens is 3. The number of amides is 2. The van der Waals surface area contributed by atoms with Crippen LogP contribution in [-0.4, -0.2) is 51.1 Å². The zero-order valence-corrected chi connectivity index (χ0v) is 9.67. The number of carbonyl (C=O) groups excluding carboxylic acids is 2. The van der Waals surface area contributed by atoms with Gasteiger partial charge < -0.3 is 10.2 Å². The molecule has 1 saturated heterocycles. The number of hydrogen-bond donors (Lipinski definition) is 1. The molecule has 7 nitrogen and oxygen atoms in total. The van der Waals surface area contributed by atoms with Crippen molar-refractivity contribution in [2.24, 2.45) is 0 Å². The highest BCUT2D eigenvalue weighted by Crippen LogP contribution is 2.09. The standard InChI is InChI=1S/C10H15N5O2/c1-8(15-7-11-6-13-15)10(17)14-4-2-9(16)12-3-5-14/h6-8H,2-5H2,1H3,(H,12,16). The van der Waals surface area contributed by atoms with Crippen LogP contribution < -0.4 is 5.32 Å². The van der Waals surface area contributed by atoms with Gasteiger partial charge >= 0.3 is 0 Å². The zero-order chi connectivity index (χ0) is 12.3. The van der Waals surface area contributed by atoms with Crippen molar-refractivity contribution in [2.75, 3.05) is 19.6 Å². The third-order valence-electron chi connectivity index (χ3n) is 2.82. The number of carbonyl (C=O) groups is 2. The van der Waals surface area contributed by atoms with Gasteiger partial charge in [0.2, 0.25) is 11.8 Å². The normalized spacial score (nSPS) is 18.4. The molecule has 92 valence electrons. The Morgan fingerprint density at radius 2 is 2.35 bits per heavy atom. The van der Waals surface area contributed by atoms with E-state index < -0.39 is 0 Å². The molecule has 1 N–H and O–H groups in total. The lowest BCUT2D eigenvalue weighted by Gasteiger charge is -2.23. The largest absolute Gasteiger partial charge is 0.354 e. The first-order valence-corrected chi connectivity index (χ1v) is 5.58. The summed E-state index contributed by atoms with van der Waals surface area (Å²) in [4.78, 5) is 28.8. The van der Waals surface area contributed by atoms with Gasteiger partial charge in [-0.3, -0.25) is 9.59 Å². The van der Waals surface area contributed by atoms with Crippen molar-refractivity contribution in [3.05, 3.63) is 12.7 Å². The SMILES string of the molecule is CC(C(=O)N1CCNC(=O)CC1)n1cncn1. The van der Waals surface area contributed by atoms with Crippen molar-refractivity contribution < 1.29 is 9.59 Å². The molecule has 1 aliphatic rings. The average molecular weight is 237 g/mol. The van der Waals surface area contributed by atoms with E-state index in [9.17, 15) is 9.59 Å². The van der Waals surface area contributed by atoms with Crippen LogP contribution >= 0.6 is 0 Å². The molecule has 2 amide bonds. The smallest absolute Gasteiger partial charge is 0.247 e. The van der Waals surface area contributed by atoms with E-state index in [0.29, 0.717) is 26.1 Å². The molecule has 0 bridgehead atoms. The third-order valence-corrected chi connectivity index (χ3v) is 2.82. The fraction of sp³-hybridized carbons (Fsp3) is 0.600. The first-order chi connectivity index (χ1) is 8.18. The summed E-state index contributed by atoms with van der Waals surface area (Å²) in [6.07, 6.45) is 3.27. The Balaban J connectivity index is 2.01. The van der Waals surface area contributed by atoms with Crippen LogP contribution in [0.1, 0.15) is 19.4 Å². The molecule has 1 atom stereocenters. The van der Waals surface area contributed by atoms with E-state index in [-0.39, 0.29) is 17.9 Å². The maximum Gasteiger partial charge on any atom is 0.247 e. The zero-order valence-electron chi connectivity index (χ0n) is 9.67. The minimum Gasteiger partial charge on any atom is -0.354 e. The summed E-state index contributed by atoms with van der Waals surface area (Å²) in [5.41, 5.74) is 0. The van der Waals surface area contributed by atoms with E-state index in [1.807, 2.05) is 0 Å². The van der Waals surface area contributed by atoms with Crippen LogP contribution in [-0.2, 0) is 9.59 Å². The topological polar surface area (TPSA) is 80.1 Å². The number of hydrogen-bond acceptors (Lipinski definition) is 4. The molecule has 17 heavy (non-hydrogen) atoms. The molecular weight excluding hydrogens is 222 g/mol. The highest BCUT2D eigenvalue weighted by molar-refractivity contribution is 5.82. The molecule has 1 aliphatic heterocycles. The van der Waals surface area contributed by atoms with Crippen molar-refractivity contribution in [2.45, 2.75) is 19.4 Å². The summed E-state index contributed by atoms with van der Waals surface area (Å²) in [5, 5.41) is 6.68. The van der Waals surface area contributed by atoms with Crippen LogP contribution in [0, 0.1) is 0 Å². The van der Waals surface area contributed by atoms with Gasteiger partial charge in [0.1, 0.15) is 18.7 Å². The molecule has 0 radical (unpaired) electrons. The van der Waals surface area contributed by atoms with Crippen LogP contribution in [0.4, 0.5) is 0 Å². The Labute approximate surface area is 98.8 Å². The summed E-state index contributed by atoms with van der Waals surface area (Å²) in [7, 11) is 0. The Morgan fingerprint density at radius 1 is 1.53 bits per heavy atom. The van der Waals surface area contributed by atoms with Crippen molar-refractivity contribution >= 4 is 11.8 Å². The molecule has 1 aromatic rings. The molecule has 1 fully saturated rings. The summed E-state index contributed by atoms with van der Waals surface area (Å²) >= 11 is 0.